The van der Waals surface area contributed by atoms with Gasteiger partial charge < -0.3 is 14.4 Å². The molecule has 1 aromatic rings. The Kier molecular flexibility index (Phi) is 5.32. The first-order chi connectivity index (χ1) is 11.2. The van der Waals surface area contributed by atoms with Crippen LogP contribution in [0.2, 0.25) is 0 Å². The van der Waals surface area contributed by atoms with Gasteiger partial charge >= 0.3 is 12.1 Å². The van der Waals surface area contributed by atoms with Crippen LogP contribution >= 0.6 is 0 Å². The van der Waals surface area contributed by atoms with Crippen molar-refractivity contribution in [1.82, 2.24) is 4.90 Å². The number of ether oxygens (including phenoxy) is 2. The standard InChI is InChI=1S/C19H25NO4/c1-13-9-15(11-16(10-13)17(21)23-5)14-7-6-8-20(12-14)18(22)24-19(2,3)4/h7,9-11H,6,8,12H2,1-5H3. The third-order valence-corrected chi connectivity index (χ3v) is 3.67. The fourth-order valence-electron chi connectivity index (χ4n) is 2.64. The summed E-state index contributed by atoms with van der Waals surface area (Å²) in [5, 5.41) is 0. The Morgan fingerprint density at radius 3 is 2.50 bits per heavy atom. The van der Waals surface area contributed by atoms with E-state index in [1.807, 2.05) is 39.8 Å². The molecule has 0 radical (unpaired) electrons. The van der Waals surface area contributed by atoms with Gasteiger partial charge in [-0.1, -0.05) is 12.1 Å². The van der Waals surface area contributed by atoms with Crippen molar-refractivity contribution in [3.05, 3.63) is 41.0 Å². The minimum absolute atomic E-state index is 0.311. The number of aryl methyl sites for hydroxylation is 1. The van der Waals surface area contributed by atoms with Gasteiger partial charge in [-0.05, 0) is 62.9 Å². The number of hydrogen-bond acceptors (Lipinski definition) is 4. The lowest BCUT2D eigenvalue weighted by Gasteiger charge is -2.30. The molecule has 0 atom stereocenters. The van der Waals surface area contributed by atoms with E-state index in [2.05, 4.69) is 6.08 Å². The van der Waals surface area contributed by atoms with Gasteiger partial charge in [0.25, 0.3) is 0 Å². The molecule has 0 saturated carbocycles. The van der Waals surface area contributed by atoms with Crippen molar-refractivity contribution in [3.63, 3.8) is 0 Å². The molecule has 0 spiro atoms. The van der Waals surface area contributed by atoms with Gasteiger partial charge in [-0.15, -0.1) is 0 Å². The van der Waals surface area contributed by atoms with E-state index in [1.54, 1.807) is 11.0 Å². The molecule has 1 aromatic carbocycles. The number of esters is 1. The van der Waals surface area contributed by atoms with Gasteiger partial charge in [0.05, 0.1) is 12.7 Å². The van der Waals surface area contributed by atoms with Crippen LogP contribution in [0, 0.1) is 6.92 Å². The molecule has 5 heteroatoms. The average molecular weight is 331 g/mol. The summed E-state index contributed by atoms with van der Waals surface area (Å²) in [6.07, 6.45) is 2.56. The quantitative estimate of drug-likeness (QED) is 0.773. The summed E-state index contributed by atoms with van der Waals surface area (Å²) in [5.41, 5.74) is 2.93. The number of nitrogens with zero attached hydrogens (tertiary/aromatic N) is 1. The molecule has 0 saturated heterocycles. The molecule has 130 valence electrons. The largest absolute Gasteiger partial charge is 0.465 e. The van der Waals surface area contributed by atoms with Crippen molar-refractivity contribution in [2.75, 3.05) is 20.2 Å². The van der Waals surface area contributed by atoms with Crippen LogP contribution in [-0.4, -0.2) is 42.8 Å². The lowest BCUT2D eigenvalue weighted by Crippen LogP contribution is -2.39. The SMILES string of the molecule is COC(=O)c1cc(C)cc(C2=CCCN(C(=O)OC(C)(C)C)C2)c1. The number of methoxy groups -OCH3 is 1. The molecule has 1 amide bonds. The van der Waals surface area contributed by atoms with E-state index >= 15 is 0 Å². The van der Waals surface area contributed by atoms with Crippen molar-refractivity contribution >= 4 is 17.6 Å². The zero-order chi connectivity index (χ0) is 17.9. The highest BCUT2D eigenvalue weighted by molar-refractivity contribution is 5.91. The van der Waals surface area contributed by atoms with Gasteiger partial charge in [0.2, 0.25) is 0 Å². The van der Waals surface area contributed by atoms with Crippen molar-refractivity contribution < 1.29 is 19.1 Å². The van der Waals surface area contributed by atoms with E-state index < -0.39 is 5.60 Å². The van der Waals surface area contributed by atoms with Gasteiger partial charge in [0, 0.05) is 13.1 Å². The van der Waals surface area contributed by atoms with E-state index in [9.17, 15) is 9.59 Å². The molecule has 0 N–H and O–H groups in total. The van der Waals surface area contributed by atoms with Crippen LogP contribution in [0.25, 0.3) is 5.57 Å². The summed E-state index contributed by atoms with van der Waals surface area (Å²) >= 11 is 0. The molecule has 0 aromatic heterocycles. The number of amides is 1. The lowest BCUT2D eigenvalue weighted by atomic mass is 9.97. The molecule has 2 rings (SSSR count). The smallest absolute Gasteiger partial charge is 0.410 e. The van der Waals surface area contributed by atoms with Gasteiger partial charge in [0.15, 0.2) is 0 Å². The first-order valence-corrected chi connectivity index (χ1v) is 8.07. The second-order valence-electron chi connectivity index (χ2n) is 7.00. The van der Waals surface area contributed by atoms with E-state index in [0.717, 1.165) is 23.1 Å². The average Bonchev–Trinajstić information content (AvgIpc) is 2.52. The molecule has 1 aliphatic rings. The fourth-order valence-corrected chi connectivity index (χ4v) is 2.64. The second kappa shape index (κ2) is 7.07. The van der Waals surface area contributed by atoms with Crippen LogP contribution in [-0.2, 0) is 9.47 Å². The van der Waals surface area contributed by atoms with Crippen LogP contribution in [0.1, 0.15) is 48.7 Å². The normalized spacial score (nSPS) is 14.9. The second-order valence-corrected chi connectivity index (χ2v) is 7.00. The highest BCUT2D eigenvalue weighted by Gasteiger charge is 2.25. The molecular formula is C19H25NO4. The maximum absolute atomic E-state index is 12.3. The molecule has 0 aliphatic carbocycles. The summed E-state index contributed by atoms with van der Waals surface area (Å²) < 4.78 is 10.3. The summed E-state index contributed by atoms with van der Waals surface area (Å²) in [4.78, 5) is 25.8. The fraction of sp³-hybridized carbons (Fsp3) is 0.474. The van der Waals surface area contributed by atoms with E-state index in [0.29, 0.717) is 18.7 Å². The molecule has 24 heavy (non-hydrogen) atoms. The van der Waals surface area contributed by atoms with E-state index in [4.69, 9.17) is 9.47 Å². The maximum atomic E-state index is 12.3. The first-order valence-electron chi connectivity index (χ1n) is 8.07. The van der Waals surface area contributed by atoms with Gasteiger partial charge in [0.1, 0.15) is 5.60 Å². The summed E-state index contributed by atoms with van der Waals surface area (Å²) in [6, 6.07) is 5.62. The summed E-state index contributed by atoms with van der Waals surface area (Å²) in [5.74, 6) is -0.361. The van der Waals surface area contributed by atoms with Crippen LogP contribution in [0.3, 0.4) is 0 Å². The zero-order valence-electron chi connectivity index (χ0n) is 15.0. The Labute approximate surface area is 143 Å². The Morgan fingerprint density at radius 2 is 1.88 bits per heavy atom. The summed E-state index contributed by atoms with van der Waals surface area (Å²) in [7, 11) is 1.37. The zero-order valence-corrected chi connectivity index (χ0v) is 15.0. The third kappa shape index (κ3) is 4.60. The molecule has 0 unspecified atom stereocenters. The maximum Gasteiger partial charge on any atom is 0.410 e. The predicted octanol–water partition coefficient (Wildman–Crippen LogP) is 3.81. The van der Waals surface area contributed by atoms with Crippen LogP contribution in [0.5, 0.6) is 0 Å². The Bertz CT molecular complexity index is 670. The molecule has 1 aliphatic heterocycles. The molecular weight excluding hydrogens is 306 g/mol. The van der Waals surface area contributed by atoms with Crippen molar-refractivity contribution in [2.24, 2.45) is 0 Å². The predicted molar refractivity (Wildman–Crippen MR) is 92.9 cm³/mol. The minimum Gasteiger partial charge on any atom is -0.465 e. The Hall–Kier alpha value is -2.30. The number of benzene rings is 1. The monoisotopic (exact) mass is 331 g/mol. The number of hydrogen-bond donors (Lipinski definition) is 0. The Morgan fingerprint density at radius 1 is 1.17 bits per heavy atom. The van der Waals surface area contributed by atoms with E-state index in [-0.39, 0.29) is 12.1 Å². The summed E-state index contributed by atoms with van der Waals surface area (Å²) in [6.45, 7) is 8.61. The topological polar surface area (TPSA) is 55.8 Å². The molecule has 1 heterocycles. The molecule has 5 nitrogen and oxygen atoms in total. The molecule has 0 bridgehead atoms. The first kappa shape index (κ1) is 18.0. The Balaban J connectivity index is 2.21. The van der Waals surface area contributed by atoms with E-state index in [1.165, 1.54) is 7.11 Å². The van der Waals surface area contributed by atoms with Crippen LogP contribution in [0.4, 0.5) is 4.79 Å². The minimum atomic E-state index is -0.514. The highest BCUT2D eigenvalue weighted by Crippen LogP contribution is 2.24. The van der Waals surface area contributed by atoms with Crippen LogP contribution < -0.4 is 0 Å². The van der Waals surface area contributed by atoms with Crippen LogP contribution in [0.15, 0.2) is 24.3 Å². The third-order valence-electron chi connectivity index (χ3n) is 3.67. The van der Waals surface area contributed by atoms with Gasteiger partial charge in [-0.3, -0.25) is 0 Å². The molecule has 0 fully saturated rings. The highest BCUT2D eigenvalue weighted by atomic mass is 16.6. The number of rotatable bonds is 2. The van der Waals surface area contributed by atoms with Gasteiger partial charge in [-0.25, -0.2) is 9.59 Å². The number of carbonyl (C=O) groups is 2. The van der Waals surface area contributed by atoms with Crippen molar-refractivity contribution in [2.45, 2.75) is 39.7 Å². The lowest BCUT2D eigenvalue weighted by molar-refractivity contribution is 0.0272. The number of carbonyl (C=O) groups excluding carboxylic acids is 2. The van der Waals surface area contributed by atoms with Crippen molar-refractivity contribution in [1.29, 1.82) is 0 Å². The van der Waals surface area contributed by atoms with Gasteiger partial charge in [-0.2, -0.15) is 0 Å². The van der Waals surface area contributed by atoms with Crippen molar-refractivity contribution in [3.8, 4) is 0 Å².